The Hall–Kier alpha value is -2.54. The summed E-state index contributed by atoms with van der Waals surface area (Å²) < 4.78 is 0. The molecule has 1 aliphatic rings. The Balaban J connectivity index is 1.90. The first-order chi connectivity index (χ1) is 11.3. The molecule has 0 fully saturated rings. The van der Waals surface area contributed by atoms with E-state index in [4.69, 9.17) is 0 Å². The van der Waals surface area contributed by atoms with Gasteiger partial charge in [-0.1, -0.05) is 48.0 Å². The lowest BCUT2D eigenvalue weighted by Gasteiger charge is -2.27. The highest BCUT2D eigenvalue weighted by atomic mass is 15.1. The highest BCUT2D eigenvalue weighted by Gasteiger charge is 2.20. The average molecular weight is 299 g/mol. The summed E-state index contributed by atoms with van der Waals surface area (Å²) in [5.74, 6) is 0. The number of para-hydroxylation sites is 1. The summed E-state index contributed by atoms with van der Waals surface area (Å²) in [6.07, 6.45) is 3.66. The van der Waals surface area contributed by atoms with Crippen LogP contribution in [-0.2, 0) is 12.8 Å². The van der Waals surface area contributed by atoms with Crippen molar-refractivity contribution in [2.75, 3.05) is 4.90 Å². The van der Waals surface area contributed by atoms with Crippen LogP contribution in [0.4, 0.5) is 17.1 Å². The minimum atomic E-state index is 1.18. The standard InChI is InChI=1S/C22H21N/c1-17-13-15-20(16-14-17)23(19-9-3-2-4-10-19)22-12-6-8-18-7-5-11-21(18)22/h2-4,6,8-10,12-16H,5,7,11H2,1H3. The van der Waals surface area contributed by atoms with Crippen LogP contribution >= 0.6 is 0 Å². The molecule has 1 nitrogen and oxygen atoms in total. The molecule has 0 spiro atoms. The van der Waals surface area contributed by atoms with Crippen LogP contribution in [0.3, 0.4) is 0 Å². The molecule has 0 N–H and O–H groups in total. The molecule has 1 heteroatoms. The number of anilines is 3. The molecule has 0 bridgehead atoms. The topological polar surface area (TPSA) is 3.24 Å². The van der Waals surface area contributed by atoms with Crippen LogP contribution in [-0.4, -0.2) is 0 Å². The van der Waals surface area contributed by atoms with E-state index in [9.17, 15) is 0 Å². The molecule has 0 aliphatic heterocycles. The van der Waals surface area contributed by atoms with Crippen molar-refractivity contribution in [3.63, 3.8) is 0 Å². The lowest BCUT2D eigenvalue weighted by atomic mass is 10.1. The van der Waals surface area contributed by atoms with Crippen LogP contribution in [0.2, 0.25) is 0 Å². The van der Waals surface area contributed by atoms with Crippen molar-refractivity contribution in [2.45, 2.75) is 26.2 Å². The van der Waals surface area contributed by atoms with E-state index in [1.807, 2.05) is 0 Å². The maximum atomic E-state index is 2.39. The van der Waals surface area contributed by atoms with Crippen LogP contribution in [0.25, 0.3) is 0 Å². The fourth-order valence-corrected chi connectivity index (χ4v) is 3.51. The molecule has 0 amide bonds. The van der Waals surface area contributed by atoms with Gasteiger partial charge >= 0.3 is 0 Å². The third-order valence-electron chi connectivity index (χ3n) is 4.67. The molecule has 0 atom stereocenters. The summed E-state index contributed by atoms with van der Waals surface area (Å²) in [5, 5.41) is 0. The first-order valence-electron chi connectivity index (χ1n) is 8.35. The van der Waals surface area contributed by atoms with Gasteiger partial charge in [-0.25, -0.2) is 0 Å². The van der Waals surface area contributed by atoms with Crippen molar-refractivity contribution >= 4 is 17.1 Å². The monoisotopic (exact) mass is 299 g/mol. The number of hydrogen-bond acceptors (Lipinski definition) is 1. The number of aryl methyl sites for hydroxylation is 2. The summed E-state index contributed by atoms with van der Waals surface area (Å²) in [6, 6.07) is 26.2. The van der Waals surface area contributed by atoms with Crippen LogP contribution < -0.4 is 4.90 Å². The van der Waals surface area contributed by atoms with Crippen molar-refractivity contribution in [3.05, 3.63) is 89.5 Å². The number of rotatable bonds is 3. The third-order valence-corrected chi connectivity index (χ3v) is 4.67. The van der Waals surface area contributed by atoms with E-state index in [0.717, 1.165) is 0 Å². The largest absolute Gasteiger partial charge is 0.310 e. The van der Waals surface area contributed by atoms with Gasteiger partial charge in [-0.2, -0.15) is 0 Å². The predicted molar refractivity (Wildman–Crippen MR) is 97.9 cm³/mol. The lowest BCUT2D eigenvalue weighted by Crippen LogP contribution is -2.12. The normalized spacial score (nSPS) is 12.9. The fraction of sp³-hybridized carbons (Fsp3) is 0.182. The Morgan fingerprint density at radius 2 is 1.43 bits per heavy atom. The second-order valence-corrected chi connectivity index (χ2v) is 6.27. The zero-order valence-corrected chi connectivity index (χ0v) is 13.5. The quantitative estimate of drug-likeness (QED) is 0.577. The molecule has 0 saturated carbocycles. The van der Waals surface area contributed by atoms with Crippen molar-refractivity contribution < 1.29 is 0 Å². The summed E-state index contributed by atoms with van der Waals surface area (Å²) in [7, 11) is 0. The molecule has 3 aromatic rings. The van der Waals surface area contributed by atoms with Gasteiger partial charge in [-0.3, -0.25) is 0 Å². The molecule has 3 aromatic carbocycles. The molecular weight excluding hydrogens is 278 g/mol. The van der Waals surface area contributed by atoms with E-state index in [1.54, 1.807) is 0 Å². The van der Waals surface area contributed by atoms with E-state index >= 15 is 0 Å². The Labute approximate surface area is 138 Å². The fourth-order valence-electron chi connectivity index (χ4n) is 3.51. The predicted octanol–water partition coefficient (Wildman–Crippen LogP) is 5.95. The second kappa shape index (κ2) is 5.92. The highest BCUT2D eigenvalue weighted by Crippen LogP contribution is 2.40. The Morgan fingerprint density at radius 3 is 2.22 bits per heavy atom. The van der Waals surface area contributed by atoms with Crippen molar-refractivity contribution in [3.8, 4) is 0 Å². The summed E-state index contributed by atoms with van der Waals surface area (Å²) in [6.45, 7) is 2.14. The van der Waals surface area contributed by atoms with Crippen LogP contribution in [0, 0.1) is 6.92 Å². The minimum Gasteiger partial charge on any atom is -0.310 e. The third kappa shape index (κ3) is 2.63. The number of benzene rings is 3. The van der Waals surface area contributed by atoms with Gasteiger partial charge in [-0.15, -0.1) is 0 Å². The average Bonchev–Trinajstić information content (AvgIpc) is 3.07. The van der Waals surface area contributed by atoms with Crippen molar-refractivity contribution in [1.29, 1.82) is 0 Å². The number of fused-ring (bicyclic) bond motifs is 1. The van der Waals surface area contributed by atoms with Gasteiger partial charge in [-0.05, 0) is 67.6 Å². The molecular formula is C22H21N. The summed E-state index contributed by atoms with van der Waals surface area (Å²) in [5.41, 5.74) is 8.08. The molecule has 23 heavy (non-hydrogen) atoms. The highest BCUT2D eigenvalue weighted by molar-refractivity contribution is 5.79. The summed E-state index contributed by atoms with van der Waals surface area (Å²) in [4.78, 5) is 2.39. The molecule has 114 valence electrons. The summed E-state index contributed by atoms with van der Waals surface area (Å²) >= 11 is 0. The SMILES string of the molecule is Cc1ccc(N(c2ccccc2)c2cccc3c2CCC3)cc1. The van der Waals surface area contributed by atoms with Gasteiger partial charge < -0.3 is 4.90 Å². The molecule has 0 heterocycles. The van der Waals surface area contributed by atoms with Gasteiger partial charge in [0, 0.05) is 17.1 Å². The van der Waals surface area contributed by atoms with E-state index < -0.39 is 0 Å². The van der Waals surface area contributed by atoms with Crippen LogP contribution in [0.1, 0.15) is 23.1 Å². The minimum absolute atomic E-state index is 1.18. The molecule has 0 saturated heterocycles. The van der Waals surface area contributed by atoms with Gasteiger partial charge in [0.05, 0.1) is 0 Å². The number of nitrogens with zero attached hydrogens (tertiary/aromatic N) is 1. The first kappa shape index (κ1) is 14.1. The molecule has 1 aliphatic carbocycles. The molecule has 0 unspecified atom stereocenters. The van der Waals surface area contributed by atoms with E-state index in [0.29, 0.717) is 0 Å². The van der Waals surface area contributed by atoms with Gasteiger partial charge in [0.25, 0.3) is 0 Å². The lowest BCUT2D eigenvalue weighted by molar-refractivity contribution is 0.911. The van der Waals surface area contributed by atoms with Gasteiger partial charge in [0.2, 0.25) is 0 Å². The molecule has 0 aromatic heterocycles. The maximum absolute atomic E-state index is 2.39. The Morgan fingerprint density at radius 1 is 0.696 bits per heavy atom. The van der Waals surface area contributed by atoms with Crippen molar-refractivity contribution in [2.24, 2.45) is 0 Å². The van der Waals surface area contributed by atoms with Crippen molar-refractivity contribution in [1.82, 2.24) is 0 Å². The van der Waals surface area contributed by atoms with E-state index in [-0.39, 0.29) is 0 Å². The first-order valence-corrected chi connectivity index (χ1v) is 8.35. The van der Waals surface area contributed by atoms with E-state index in [1.165, 1.54) is 53.0 Å². The van der Waals surface area contributed by atoms with Crippen LogP contribution in [0.5, 0.6) is 0 Å². The maximum Gasteiger partial charge on any atom is 0.0496 e. The molecule has 0 radical (unpaired) electrons. The number of hydrogen-bond donors (Lipinski definition) is 0. The van der Waals surface area contributed by atoms with Gasteiger partial charge in [0.15, 0.2) is 0 Å². The Bertz CT molecular complexity index is 803. The Kier molecular flexibility index (Phi) is 3.63. The smallest absolute Gasteiger partial charge is 0.0496 e. The van der Waals surface area contributed by atoms with E-state index in [2.05, 4.69) is 84.6 Å². The van der Waals surface area contributed by atoms with Crippen LogP contribution in [0.15, 0.2) is 72.8 Å². The molecule has 4 rings (SSSR count). The second-order valence-electron chi connectivity index (χ2n) is 6.27. The van der Waals surface area contributed by atoms with Gasteiger partial charge in [0.1, 0.15) is 0 Å². The zero-order valence-electron chi connectivity index (χ0n) is 13.5. The zero-order chi connectivity index (χ0) is 15.6.